The Morgan fingerprint density at radius 3 is 2.60 bits per heavy atom. The van der Waals surface area contributed by atoms with Crippen LogP contribution in [-0.2, 0) is 6.54 Å². The van der Waals surface area contributed by atoms with Gasteiger partial charge in [0.25, 0.3) is 0 Å². The number of nitrogens with zero attached hydrogens (tertiary/aromatic N) is 2. The Labute approximate surface area is 92.5 Å². The fourth-order valence-electron chi connectivity index (χ4n) is 2.23. The maximum Gasteiger partial charge on any atom is 0.0237 e. The molecule has 1 aromatic rings. The Bertz CT molecular complexity index is 297. The van der Waals surface area contributed by atoms with Gasteiger partial charge in [0, 0.05) is 32.2 Å². The zero-order valence-corrected chi connectivity index (χ0v) is 9.69. The van der Waals surface area contributed by atoms with E-state index in [1.165, 1.54) is 25.2 Å². The lowest BCUT2D eigenvalue weighted by Gasteiger charge is -2.38. The molecule has 0 saturated carbocycles. The quantitative estimate of drug-likeness (QED) is 0.725. The van der Waals surface area contributed by atoms with Gasteiger partial charge in [0.05, 0.1) is 0 Å². The summed E-state index contributed by atoms with van der Waals surface area (Å²) < 4.78 is 0. The number of rotatable bonds is 2. The highest BCUT2D eigenvalue weighted by atomic mass is 15.3. The highest BCUT2D eigenvalue weighted by Crippen LogP contribution is 2.12. The summed E-state index contributed by atoms with van der Waals surface area (Å²) in [6, 6.07) is 11.4. The SMILES string of the molecule is CC1CN(C)CCN1Cc1ccccc1. The molecule has 0 amide bonds. The van der Waals surface area contributed by atoms with Crippen LogP contribution in [0, 0.1) is 0 Å². The molecule has 1 aromatic carbocycles. The van der Waals surface area contributed by atoms with E-state index >= 15 is 0 Å². The van der Waals surface area contributed by atoms with Crippen LogP contribution in [-0.4, -0.2) is 42.5 Å². The minimum atomic E-state index is 0.670. The van der Waals surface area contributed by atoms with Crippen LogP contribution in [0.2, 0.25) is 0 Å². The fourth-order valence-corrected chi connectivity index (χ4v) is 2.23. The third-order valence-electron chi connectivity index (χ3n) is 3.20. The van der Waals surface area contributed by atoms with Crippen molar-refractivity contribution in [1.82, 2.24) is 9.80 Å². The highest BCUT2D eigenvalue weighted by Gasteiger charge is 2.20. The van der Waals surface area contributed by atoms with Crippen LogP contribution in [0.3, 0.4) is 0 Å². The van der Waals surface area contributed by atoms with Gasteiger partial charge in [-0.15, -0.1) is 0 Å². The Kier molecular flexibility index (Phi) is 3.39. The van der Waals surface area contributed by atoms with Gasteiger partial charge in [0.15, 0.2) is 0 Å². The molecule has 1 heterocycles. The number of benzene rings is 1. The van der Waals surface area contributed by atoms with E-state index in [9.17, 15) is 0 Å². The molecule has 1 atom stereocenters. The lowest BCUT2D eigenvalue weighted by molar-refractivity contribution is 0.0938. The Morgan fingerprint density at radius 2 is 1.93 bits per heavy atom. The monoisotopic (exact) mass is 204 g/mol. The smallest absolute Gasteiger partial charge is 0.0237 e. The van der Waals surface area contributed by atoms with Crippen LogP contribution in [0.4, 0.5) is 0 Å². The molecular weight excluding hydrogens is 184 g/mol. The molecule has 1 aliphatic heterocycles. The van der Waals surface area contributed by atoms with Crippen LogP contribution in [0.5, 0.6) is 0 Å². The molecule has 1 saturated heterocycles. The summed E-state index contributed by atoms with van der Waals surface area (Å²) in [7, 11) is 2.20. The van der Waals surface area contributed by atoms with Crippen molar-refractivity contribution < 1.29 is 0 Å². The summed E-state index contributed by atoms with van der Waals surface area (Å²) in [4.78, 5) is 4.97. The number of hydrogen-bond acceptors (Lipinski definition) is 2. The second-order valence-corrected chi connectivity index (χ2v) is 4.57. The van der Waals surface area contributed by atoms with Crippen molar-refractivity contribution in [3.05, 3.63) is 35.9 Å². The molecule has 0 aliphatic carbocycles. The van der Waals surface area contributed by atoms with Gasteiger partial charge in [-0.25, -0.2) is 0 Å². The van der Waals surface area contributed by atoms with Crippen molar-refractivity contribution in [2.75, 3.05) is 26.7 Å². The first kappa shape index (κ1) is 10.7. The molecule has 0 radical (unpaired) electrons. The lowest BCUT2D eigenvalue weighted by atomic mass is 10.1. The van der Waals surface area contributed by atoms with Crippen molar-refractivity contribution >= 4 is 0 Å². The van der Waals surface area contributed by atoms with E-state index in [-0.39, 0.29) is 0 Å². The van der Waals surface area contributed by atoms with Crippen molar-refractivity contribution in [1.29, 1.82) is 0 Å². The molecule has 0 aromatic heterocycles. The molecule has 2 heteroatoms. The molecule has 82 valence electrons. The zero-order valence-electron chi connectivity index (χ0n) is 9.69. The summed E-state index contributed by atoms with van der Waals surface area (Å²) >= 11 is 0. The summed E-state index contributed by atoms with van der Waals surface area (Å²) in [5.41, 5.74) is 1.42. The predicted molar refractivity (Wildman–Crippen MR) is 63.8 cm³/mol. The van der Waals surface area contributed by atoms with Crippen LogP contribution in [0.15, 0.2) is 30.3 Å². The van der Waals surface area contributed by atoms with Crippen LogP contribution >= 0.6 is 0 Å². The second kappa shape index (κ2) is 4.77. The van der Waals surface area contributed by atoms with Crippen LogP contribution < -0.4 is 0 Å². The molecule has 15 heavy (non-hydrogen) atoms. The molecule has 1 fully saturated rings. The molecular formula is C13H20N2. The highest BCUT2D eigenvalue weighted by molar-refractivity contribution is 5.14. The predicted octanol–water partition coefficient (Wildman–Crippen LogP) is 1.82. The van der Waals surface area contributed by atoms with Crippen molar-refractivity contribution in [2.45, 2.75) is 19.5 Å². The van der Waals surface area contributed by atoms with E-state index in [0.29, 0.717) is 6.04 Å². The average molecular weight is 204 g/mol. The van der Waals surface area contributed by atoms with Gasteiger partial charge in [0.1, 0.15) is 0 Å². The Balaban J connectivity index is 1.95. The minimum Gasteiger partial charge on any atom is -0.304 e. The van der Waals surface area contributed by atoms with E-state index in [2.05, 4.69) is 54.1 Å². The number of piperazine rings is 1. The van der Waals surface area contributed by atoms with Crippen LogP contribution in [0.1, 0.15) is 12.5 Å². The van der Waals surface area contributed by atoms with Gasteiger partial charge < -0.3 is 4.90 Å². The first-order valence-electron chi connectivity index (χ1n) is 5.72. The summed E-state index contributed by atoms with van der Waals surface area (Å²) in [6.45, 7) is 6.98. The van der Waals surface area contributed by atoms with Crippen LogP contribution in [0.25, 0.3) is 0 Å². The van der Waals surface area contributed by atoms with Crippen molar-refractivity contribution in [3.8, 4) is 0 Å². The van der Waals surface area contributed by atoms with E-state index in [1.807, 2.05) is 0 Å². The zero-order chi connectivity index (χ0) is 10.7. The topological polar surface area (TPSA) is 6.48 Å². The van der Waals surface area contributed by atoms with E-state index in [1.54, 1.807) is 0 Å². The fraction of sp³-hybridized carbons (Fsp3) is 0.538. The first-order valence-corrected chi connectivity index (χ1v) is 5.72. The van der Waals surface area contributed by atoms with E-state index in [0.717, 1.165) is 6.54 Å². The van der Waals surface area contributed by atoms with Crippen molar-refractivity contribution in [3.63, 3.8) is 0 Å². The van der Waals surface area contributed by atoms with Gasteiger partial charge >= 0.3 is 0 Å². The molecule has 2 rings (SSSR count). The standard InChI is InChI=1S/C13H20N2/c1-12-10-14(2)8-9-15(12)11-13-6-4-3-5-7-13/h3-7,12H,8-11H2,1-2H3. The summed E-state index contributed by atoms with van der Waals surface area (Å²) in [5, 5.41) is 0. The molecule has 0 N–H and O–H groups in total. The summed E-state index contributed by atoms with van der Waals surface area (Å²) in [6.07, 6.45) is 0. The molecule has 2 nitrogen and oxygen atoms in total. The second-order valence-electron chi connectivity index (χ2n) is 4.57. The third-order valence-corrected chi connectivity index (χ3v) is 3.20. The van der Waals surface area contributed by atoms with Crippen molar-refractivity contribution in [2.24, 2.45) is 0 Å². The molecule has 1 unspecified atom stereocenters. The third kappa shape index (κ3) is 2.80. The molecule has 0 spiro atoms. The maximum atomic E-state index is 2.56. The maximum absolute atomic E-state index is 2.56. The van der Waals surface area contributed by atoms with Gasteiger partial charge in [0.2, 0.25) is 0 Å². The number of likely N-dealkylation sites (N-methyl/N-ethyl adjacent to an activating group) is 1. The van der Waals surface area contributed by atoms with Gasteiger partial charge in [-0.3, -0.25) is 4.90 Å². The van der Waals surface area contributed by atoms with Gasteiger partial charge in [-0.1, -0.05) is 30.3 Å². The first-order chi connectivity index (χ1) is 7.25. The normalized spacial score (nSPS) is 24.3. The molecule has 0 bridgehead atoms. The number of hydrogen-bond donors (Lipinski definition) is 0. The minimum absolute atomic E-state index is 0.670. The van der Waals surface area contributed by atoms with E-state index < -0.39 is 0 Å². The summed E-state index contributed by atoms with van der Waals surface area (Å²) in [5.74, 6) is 0. The largest absolute Gasteiger partial charge is 0.304 e. The van der Waals surface area contributed by atoms with Gasteiger partial charge in [-0.2, -0.15) is 0 Å². The Hall–Kier alpha value is -0.860. The van der Waals surface area contributed by atoms with Gasteiger partial charge in [-0.05, 0) is 19.5 Å². The lowest BCUT2D eigenvalue weighted by Crippen LogP contribution is -2.49. The van der Waals surface area contributed by atoms with E-state index in [4.69, 9.17) is 0 Å². The Morgan fingerprint density at radius 1 is 1.20 bits per heavy atom. The average Bonchev–Trinajstić information content (AvgIpc) is 2.24. The molecule has 1 aliphatic rings.